The molecule has 6 nitrogen and oxygen atoms in total. The third-order valence-electron chi connectivity index (χ3n) is 4.80. The van der Waals surface area contributed by atoms with Crippen molar-refractivity contribution in [1.82, 2.24) is 10.2 Å². The van der Waals surface area contributed by atoms with Gasteiger partial charge in [0.15, 0.2) is 0 Å². The Morgan fingerprint density at radius 3 is 2.85 bits per heavy atom. The number of carbonyl (C=O) groups excluding carboxylic acids is 2. The van der Waals surface area contributed by atoms with Gasteiger partial charge >= 0.3 is 6.03 Å². The summed E-state index contributed by atoms with van der Waals surface area (Å²) in [5.74, 6) is -0.00471. The van der Waals surface area contributed by atoms with Gasteiger partial charge in [0.25, 0.3) is 0 Å². The highest BCUT2D eigenvalue weighted by Gasteiger charge is 2.18. The average molecular weight is 361 g/mol. The third kappa shape index (κ3) is 6.33. The molecule has 0 radical (unpaired) electrons. The molecule has 1 saturated heterocycles. The van der Waals surface area contributed by atoms with Gasteiger partial charge < -0.3 is 20.3 Å². The molecule has 1 aromatic rings. The number of rotatable bonds is 7. The zero-order valence-electron chi connectivity index (χ0n) is 16.1. The average Bonchev–Trinajstić information content (AvgIpc) is 2.66. The van der Waals surface area contributed by atoms with E-state index in [9.17, 15) is 9.59 Å². The van der Waals surface area contributed by atoms with Crippen LogP contribution in [0, 0.1) is 5.92 Å². The quantitative estimate of drug-likeness (QED) is 0.782. The number of anilines is 1. The van der Waals surface area contributed by atoms with E-state index in [0.717, 1.165) is 43.5 Å². The lowest BCUT2D eigenvalue weighted by molar-refractivity contribution is -0.119. The second kappa shape index (κ2) is 10.2. The van der Waals surface area contributed by atoms with Crippen LogP contribution in [0.4, 0.5) is 10.5 Å². The number of hydrogen-bond donors (Lipinski definition) is 2. The van der Waals surface area contributed by atoms with Gasteiger partial charge in [0.05, 0.1) is 6.10 Å². The van der Waals surface area contributed by atoms with Crippen LogP contribution in [0.1, 0.15) is 45.1 Å². The van der Waals surface area contributed by atoms with Gasteiger partial charge in [-0.25, -0.2) is 4.79 Å². The Kier molecular flexibility index (Phi) is 7.91. The summed E-state index contributed by atoms with van der Waals surface area (Å²) in [6, 6.07) is 7.45. The van der Waals surface area contributed by atoms with Crippen molar-refractivity contribution >= 4 is 17.6 Å². The van der Waals surface area contributed by atoms with Crippen molar-refractivity contribution in [2.45, 2.75) is 52.2 Å². The first-order valence-corrected chi connectivity index (χ1v) is 9.50. The molecule has 2 unspecified atom stereocenters. The summed E-state index contributed by atoms with van der Waals surface area (Å²) in [6.45, 7) is 5.71. The van der Waals surface area contributed by atoms with Gasteiger partial charge in [-0.1, -0.05) is 26.0 Å². The van der Waals surface area contributed by atoms with E-state index in [0.29, 0.717) is 13.1 Å². The van der Waals surface area contributed by atoms with Gasteiger partial charge in [-0.2, -0.15) is 0 Å². The highest BCUT2D eigenvalue weighted by molar-refractivity contribution is 5.92. The van der Waals surface area contributed by atoms with E-state index in [2.05, 4.69) is 10.6 Å². The normalized spacial score (nSPS) is 18.0. The molecule has 0 saturated carbocycles. The summed E-state index contributed by atoms with van der Waals surface area (Å²) in [5.41, 5.74) is 1.70. The molecule has 0 spiro atoms. The fraction of sp³-hybridized carbons (Fsp3) is 0.600. The molecule has 26 heavy (non-hydrogen) atoms. The highest BCUT2D eigenvalue weighted by Crippen LogP contribution is 2.14. The minimum Gasteiger partial charge on any atom is -0.376 e. The number of hydrogen-bond acceptors (Lipinski definition) is 3. The molecule has 1 fully saturated rings. The van der Waals surface area contributed by atoms with E-state index in [1.807, 2.05) is 38.1 Å². The summed E-state index contributed by atoms with van der Waals surface area (Å²) >= 11 is 0. The number of carbonyl (C=O) groups is 2. The van der Waals surface area contributed by atoms with Crippen molar-refractivity contribution in [2.75, 3.05) is 25.5 Å². The van der Waals surface area contributed by atoms with Gasteiger partial charge in [-0.05, 0) is 43.4 Å². The van der Waals surface area contributed by atoms with E-state index in [-0.39, 0.29) is 24.0 Å². The number of amides is 3. The lowest BCUT2D eigenvalue weighted by atomic mass is 10.1. The van der Waals surface area contributed by atoms with Crippen molar-refractivity contribution in [3.8, 4) is 0 Å². The minimum atomic E-state index is -0.117. The molecule has 144 valence electrons. The van der Waals surface area contributed by atoms with Crippen molar-refractivity contribution < 1.29 is 14.3 Å². The first kappa shape index (κ1) is 20.2. The fourth-order valence-electron chi connectivity index (χ4n) is 2.86. The number of ether oxygens (including phenoxy) is 1. The molecule has 1 heterocycles. The lowest BCUT2D eigenvalue weighted by Crippen LogP contribution is -2.42. The number of urea groups is 1. The zero-order chi connectivity index (χ0) is 18.9. The van der Waals surface area contributed by atoms with Crippen molar-refractivity contribution in [3.05, 3.63) is 29.8 Å². The lowest BCUT2D eigenvalue weighted by Gasteiger charge is -2.27. The first-order valence-electron chi connectivity index (χ1n) is 9.50. The van der Waals surface area contributed by atoms with Crippen LogP contribution in [0.5, 0.6) is 0 Å². The molecule has 1 aromatic carbocycles. The molecule has 1 aliphatic rings. The van der Waals surface area contributed by atoms with Gasteiger partial charge in [0.2, 0.25) is 5.91 Å². The van der Waals surface area contributed by atoms with E-state index in [1.54, 1.807) is 11.9 Å². The number of benzene rings is 1. The Morgan fingerprint density at radius 1 is 1.35 bits per heavy atom. The van der Waals surface area contributed by atoms with Crippen LogP contribution in [-0.4, -0.2) is 43.1 Å². The van der Waals surface area contributed by atoms with Gasteiger partial charge in [0.1, 0.15) is 0 Å². The largest absolute Gasteiger partial charge is 0.376 e. The number of likely N-dealkylation sites (N-methyl/N-ethyl adjacent to an activating group) is 1. The molecule has 0 aromatic heterocycles. The van der Waals surface area contributed by atoms with Crippen molar-refractivity contribution in [1.29, 1.82) is 0 Å². The smallest absolute Gasteiger partial charge is 0.317 e. The maximum atomic E-state index is 12.3. The molecule has 2 N–H and O–H groups in total. The van der Waals surface area contributed by atoms with Crippen LogP contribution < -0.4 is 10.6 Å². The van der Waals surface area contributed by atoms with Crippen LogP contribution in [0.15, 0.2) is 24.3 Å². The topological polar surface area (TPSA) is 70.7 Å². The summed E-state index contributed by atoms with van der Waals surface area (Å²) < 4.78 is 5.68. The Hall–Kier alpha value is -2.08. The van der Waals surface area contributed by atoms with Crippen LogP contribution >= 0.6 is 0 Å². The second-order valence-electron chi connectivity index (χ2n) is 7.03. The molecule has 3 amide bonds. The van der Waals surface area contributed by atoms with Crippen LogP contribution in [0.25, 0.3) is 0 Å². The van der Waals surface area contributed by atoms with Gasteiger partial charge in [-0.3, -0.25) is 4.79 Å². The number of nitrogens with one attached hydrogen (secondary N) is 2. The fourth-order valence-corrected chi connectivity index (χ4v) is 2.86. The molecular formula is C20H31N3O3. The van der Waals surface area contributed by atoms with Crippen molar-refractivity contribution in [3.63, 3.8) is 0 Å². The molecular weight excluding hydrogens is 330 g/mol. The van der Waals surface area contributed by atoms with Crippen LogP contribution in [0.3, 0.4) is 0 Å². The first-order chi connectivity index (χ1) is 12.5. The third-order valence-corrected chi connectivity index (χ3v) is 4.80. The van der Waals surface area contributed by atoms with Crippen LogP contribution in [-0.2, 0) is 16.1 Å². The predicted octanol–water partition coefficient (Wildman–Crippen LogP) is 3.38. The zero-order valence-corrected chi connectivity index (χ0v) is 16.1. The molecule has 0 bridgehead atoms. The standard InChI is InChI=1S/C20H31N3O3/c1-4-15(2)19(24)22-17-9-7-8-16(12-17)13-21-20(25)23(3)14-18-10-5-6-11-26-18/h7-9,12,15,18H,4-6,10-11,13-14H2,1-3H3,(H,21,25)(H,22,24). The van der Waals surface area contributed by atoms with E-state index < -0.39 is 0 Å². The van der Waals surface area contributed by atoms with Crippen molar-refractivity contribution in [2.24, 2.45) is 5.92 Å². The van der Waals surface area contributed by atoms with Gasteiger partial charge in [-0.15, -0.1) is 0 Å². The predicted molar refractivity (Wildman–Crippen MR) is 103 cm³/mol. The maximum Gasteiger partial charge on any atom is 0.317 e. The maximum absolute atomic E-state index is 12.3. The Labute approximate surface area is 156 Å². The Morgan fingerprint density at radius 2 is 2.15 bits per heavy atom. The number of nitrogens with zero attached hydrogens (tertiary/aromatic N) is 1. The second-order valence-corrected chi connectivity index (χ2v) is 7.03. The summed E-state index contributed by atoms with van der Waals surface area (Å²) in [7, 11) is 1.79. The monoisotopic (exact) mass is 361 g/mol. The molecule has 6 heteroatoms. The summed E-state index contributed by atoms with van der Waals surface area (Å²) in [5, 5.41) is 5.84. The summed E-state index contributed by atoms with van der Waals surface area (Å²) in [6.07, 6.45) is 4.22. The van der Waals surface area contributed by atoms with E-state index in [4.69, 9.17) is 4.74 Å². The molecule has 1 aliphatic heterocycles. The Balaban J connectivity index is 1.81. The SMILES string of the molecule is CCC(C)C(=O)Nc1cccc(CNC(=O)N(C)CC2CCCCO2)c1. The molecule has 0 aliphatic carbocycles. The molecule has 2 rings (SSSR count). The minimum absolute atomic E-state index is 0.0147. The van der Waals surface area contributed by atoms with Crippen LogP contribution in [0.2, 0.25) is 0 Å². The highest BCUT2D eigenvalue weighted by atomic mass is 16.5. The van der Waals surface area contributed by atoms with Gasteiger partial charge in [0, 0.05) is 38.3 Å². The van der Waals surface area contributed by atoms with E-state index >= 15 is 0 Å². The molecule has 2 atom stereocenters. The summed E-state index contributed by atoms with van der Waals surface area (Å²) in [4.78, 5) is 25.9. The van der Waals surface area contributed by atoms with E-state index in [1.165, 1.54) is 0 Å². The Bertz CT molecular complexity index is 600.